The van der Waals surface area contributed by atoms with Gasteiger partial charge in [0.2, 0.25) is 0 Å². The molecule has 1 fully saturated rings. The van der Waals surface area contributed by atoms with Crippen LogP contribution < -0.4 is 10.2 Å². The molecule has 1 saturated heterocycles. The van der Waals surface area contributed by atoms with E-state index >= 15 is 0 Å². The third-order valence-electron chi connectivity index (χ3n) is 4.98. The summed E-state index contributed by atoms with van der Waals surface area (Å²) in [6, 6.07) is 15.8. The highest BCUT2D eigenvalue weighted by Crippen LogP contribution is 2.22. The van der Waals surface area contributed by atoms with Crippen LogP contribution in [0.25, 0.3) is 10.9 Å². The Morgan fingerprint density at radius 3 is 2.64 bits per heavy atom. The maximum Gasteiger partial charge on any atom is 0.253 e. The predicted octanol–water partition coefficient (Wildman–Crippen LogP) is 4.68. The number of aryl methyl sites for hydroxylation is 1. The summed E-state index contributed by atoms with van der Waals surface area (Å²) in [7, 11) is 0. The van der Waals surface area contributed by atoms with Crippen molar-refractivity contribution in [1.82, 2.24) is 10.3 Å². The number of carbonyl (C=O) groups excluding carboxylic acids is 1. The molecule has 6 heteroatoms. The van der Waals surface area contributed by atoms with Crippen LogP contribution in [0.4, 0.5) is 5.69 Å². The standard InChI is InChI=1S/C22H22ClN3OS/c1-15-20(13-17-12-18(23)4-7-21(17)25-15)22(27)24-14-16-2-5-19(6-3-16)26-8-10-28-11-9-26/h2-7,12-13H,8-11,14H2,1H3,(H,24,27). The quantitative estimate of drug-likeness (QED) is 0.677. The van der Waals surface area contributed by atoms with Crippen LogP contribution in [-0.4, -0.2) is 35.5 Å². The van der Waals surface area contributed by atoms with E-state index in [2.05, 4.69) is 39.5 Å². The van der Waals surface area contributed by atoms with Crippen molar-refractivity contribution in [2.75, 3.05) is 29.5 Å². The predicted molar refractivity (Wildman–Crippen MR) is 119 cm³/mol. The van der Waals surface area contributed by atoms with Crippen molar-refractivity contribution in [2.45, 2.75) is 13.5 Å². The van der Waals surface area contributed by atoms with Gasteiger partial charge in [-0.25, -0.2) is 0 Å². The molecule has 0 bridgehead atoms. The minimum atomic E-state index is -0.121. The molecule has 0 atom stereocenters. The second-order valence-electron chi connectivity index (χ2n) is 6.91. The van der Waals surface area contributed by atoms with Gasteiger partial charge >= 0.3 is 0 Å². The van der Waals surface area contributed by atoms with Crippen molar-refractivity contribution in [3.8, 4) is 0 Å². The van der Waals surface area contributed by atoms with Crippen LogP contribution in [0.5, 0.6) is 0 Å². The van der Waals surface area contributed by atoms with Gasteiger partial charge in [-0.3, -0.25) is 9.78 Å². The Kier molecular flexibility index (Phi) is 5.74. The van der Waals surface area contributed by atoms with Gasteiger partial charge in [-0.1, -0.05) is 23.7 Å². The van der Waals surface area contributed by atoms with Gasteiger partial charge in [-0.15, -0.1) is 0 Å². The van der Waals surface area contributed by atoms with Gasteiger partial charge in [0.05, 0.1) is 16.8 Å². The number of hydrogen-bond acceptors (Lipinski definition) is 4. The number of nitrogens with zero attached hydrogens (tertiary/aromatic N) is 2. The summed E-state index contributed by atoms with van der Waals surface area (Å²) >= 11 is 8.07. The fourth-order valence-electron chi connectivity index (χ4n) is 3.40. The second-order valence-corrected chi connectivity index (χ2v) is 8.57. The Hall–Kier alpha value is -2.24. The number of aromatic nitrogens is 1. The van der Waals surface area contributed by atoms with E-state index < -0.39 is 0 Å². The summed E-state index contributed by atoms with van der Waals surface area (Å²) < 4.78 is 0. The zero-order chi connectivity index (χ0) is 19.5. The van der Waals surface area contributed by atoms with E-state index in [1.807, 2.05) is 43.0 Å². The van der Waals surface area contributed by atoms with Crippen LogP contribution >= 0.6 is 23.4 Å². The third-order valence-corrected chi connectivity index (χ3v) is 6.16. The van der Waals surface area contributed by atoms with E-state index in [1.165, 1.54) is 17.2 Å². The fraction of sp³-hybridized carbons (Fsp3) is 0.273. The van der Waals surface area contributed by atoms with Gasteiger partial charge in [0, 0.05) is 47.2 Å². The number of carbonyl (C=O) groups is 1. The highest BCUT2D eigenvalue weighted by Gasteiger charge is 2.13. The molecule has 2 heterocycles. The summed E-state index contributed by atoms with van der Waals surface area (Å²) in [6.07, 6.45) is 0. The number of benzene rings is 2. The smallest absolute Gasteiger partial charge is 0.253 e. The van der Waals surface area contributed by atoms with E-state index in [9.17, 15) is 4.79 Å². The number of amides is 1. The Bertz CT molecular complexity index is 1000. The lowest BCUT2D eigenvalue weighted by atomic mass is 10.1. The Morgan fingerprint density at radius 1 is 1.14 bits per heavy atom. The number of hydrogen-bond donors (Lipinski definition) is 1. The molecule has 2 aromatic carbocycles. The molecule has 0 radical (unpaired) electrons. The van der Waals surface area contributed by atoms with E-state index in [1.54, 1.807) is 0 Å². The molecule has 3 aromatic rings. The van der Waals surface area contributed by atoms with Crippen molar-refractivity contribution >= 4 is 45.9 Å². The topological polar surface area (TPSA) is 45.2 Å². The molecule has 28 heavy (non-hydrogen) atoms. The van der Waals surface area contributed by atoms with Crippen LogP contribution in [0.15, 0.2) is 48.5 Å². The first-order valence-corrected chi connectivity index (χ1v) is 10.9. The van der Waals surface area contributed by atoms with Crippen LogP contribution in [0, 0.1) is 6.92 Å². The van der Waals surface area contributed by atoms with E-state index in [0.717, 1.165) is 29.6 Å². The highest BCUT2D eigenvalue weighted by molar-refractivity contribution is 7.99. The normalized spacial score (nSPS) is 14.3. The first kappa shape index (κ1) is 19.1. The third kappa shape index (κ3) is 4.26. The van der Waals surface area contributed by atoms with Crippen molar-refractivity contribution in [3.63, 3.8) is 0 Å². The number of thioether (sulfide) groups is 1. The SMILES string of the molecule is Cc1nc2ccc(Cl)cc2cc1C(=O)NCc1ccc(N2CCSCC2)cc1. The minimum absolute atomic E-state index is 0.121. The lowest BCUT2D eigenvalue weighted by Gasteiger charge is -2.28. The molecule has 4 rings (SSSR count). The number of halogens is 1. The molecule has 1 N–H and O–H groups in total. The molecule has 1 aromatic heterocycles. The van der Waals surface area contributed by atoms with Crippen LogP contribution in [0.1, 0.15) is 21.6 Å². The molecule has 1 amide bonds. The maximum absolute atomic E-state index is 12.7. The maximum atomic E-state index is 12.7. The van der Waals surface area contributed by atoms with Gasteiger partial charge in [0.15, 0.2) is 0 Å². The number of rotatable bonds is 4. The minimum Gasteiger partial charge on any atom is -0.370 e. The van der Waals surface area contributed by atoms with E-state index in [-0.39, 0.29) is 5.91 Å². The molecular weight excluding hydrogens is 390 g/mol. The number of pyridine rings is 1. The number of nitrogens with one attached hydrogen (secondary N) is 1. The summed E-state index contributed by atoms with van der Waals surface area (Å²) in [5, 5.41) is 4.51. The molecule has 0 aliphatic carbocycles. The Morgan fingerprint density at radius 2 is 1.89 bits per heavy atom. The lowest BCUT2D eigenvalue weighted by Crippen LogP contribution is -2.32. The summed E-state index contributed by atoms with van der Waals surface area (Å²) in [5.74, 6) is 2.24. The van der Waals surface area contributed by atoms with Gasteiger partial charge in [0.25, 0.3) is 5.91 Å². The van der Waals surface area contributed by atoms with E-state index in [0.29, 0.717) is 22.8 Å². The molecule has 0 spiro atoms. The summed E-state index contributed by atoms with van der Waals surface area (Å²) in [5.41, 5.74) is 4.47. The number of anilines is 1. The average Bonchev–Trinajstić information content (AvgIpc) is 2.73. The molecule has 1 aliphatic heterocycles. The monoisotopic (exact) mass is 411 g/mol. The van der Waals surface area contributed by atoms with Crippen molar-refractivity contribution in [3.05, 3.63) is 70.4 Å². The zero-order valence-corrected chi connectivity index (χ0v) is 17.3. The van der Waals surface area contributed by atoms with Crippen LogP contribution in [0.2, 0.25) is 5.02 Å². The van der Waals surface area contributed by atoms with Gasteiger partial charge in [-0.05, 0) is 48.9 Å². The molecule has 0 saturated carbocycles. The van der Waals surface area contributed by atoms with Crippen LogP contribution in [-0.2, 0) is 6.54 Å². The van der Waals surface area contributed by atoms with Crippen molar-refractivity contribution in [2.24, 2.45) is 0 Å². The summed E-state index contributed by atoms with van der Waals surface area (Å²) in [4.78, 5) is 19.6. The van der Waals surface area contributed by atoms with Crippen molar-refractivity contribution in [1.29, 1.82) is 0 Å². The van der Waals surface area contributed by atoms with Gasteiger partial charge in [-0.2, -0.15) is 11.8 Å². The molecule has 4 nitrogen and oxygen atoms in total. The molecule has 1 aliphatic rings. The fourth-order valence-corrected chi connectivity index (χ4v) is 4.48. The van der Waals surface area contributed by atoms with Crippen molar-refractivity contribution < 1.29 is 4.79 Å². The van der Waals surface area contributed by atoms with E-state index in [4.69, 9.17) is 11.6 Å². The lowest BCUT2D eigenvalue weighted by molar-refractivity contribution is 0.0950. The Balaban J connectivity index is 1.44. The molecule has 144 valence electrons. The Labute approximate surface area is 174 Å². The number of fused-ring (bicyclic) bond motifs is 1. The molecule has 0 unspecified atom stereocenters. The zero-order valence-electron chi connectivity index (χ0n) is 15.7. The first-order chi connectivity index (χ1) is 13.6. The highest BCUT2D eigenvalue weighted by atomic mass is 35.5. The van der Waals surface area contributed by atoms with Gasteiger partial charge < -0.3 is 10.2 Å². The first-order valence-electron chi connectivity index (χ1n) is 9.37. The largest absolute Gasteiger partial charge is 0.370 e. The second kappa shape index (κ2) is 8.41. The summed E-state index contributed by atoms with van der Waals surface area (Å²) in [6.45, 7) is 4.54. The average molecular weight is 412 g/mol. The van der Waals surface area contributed by atoms with Crippen LogP contribution in [0.3, 0.4) is 0 Å². The van der Waals surface area contributed by atoms with Gasteiger partial charge in [0.1, 0.15) is 0 Å². The molecular formula is C22H22ClN3OS.